The molecular formula is C14H23N3O2. The summed E-state index contributed by atoms with van der Waals surface area (Å²) in [6.45, 7) is 2.97. The highest BCUT2D eigenvalue weighted by atomic mass is 16.4. The van der Waals surface area contributed by atoms with Gasteiger partial charge in [-0.1, -0.05) is 39.0 Å². The normalized spacial score (nSPS) is 10.4. The summed E-state index contributed by atoms with van der Waals surface area (Å²) >= 11 is 0. The molecule has 0 bridgehead atoms. The number of hydrogen-bond donors (Lipinski definition) is 3. The zero-order valence-corrected chi connectivity index (χ0v) is 11.5. The molecule has 106 valence electrons. The number of nitrogen functional groups attached to an aromatic ring is 1. The van der Waals surface area contributed by atoms with Gasteiger partial charge in [-0.25, -0.2) is 9.78 Å². The molecule has 0 aliphatic rings. The summed E-state index contributed by atoms with van der Waals surface area (Å²) in [5.74, 6) is -0.559. The van der Waals surface area contributed by atoms with E-state index in [2.05, 4.69) is 17.2 Å². The molecule has 1 heterocycles. The first-order valence-electron chi connectivity index (χ1n) is 6.88. The van der Waals surface area contributed by atoms with E-state index in [0.29, 0.717) is 5.82 Å². The lowest BCUT2D eigenvalue weighted by atomic mass is 10.1. The van der Waals surface area contributed by atoms with Crippen LogP contribution in [0.15, 0.2) is 12.3 Å². The monoisotopic (exact) mass is 265 g/mol. The Morgan fingerprint density at radius 1 is 1.32 bits per heavy atom. The zero-order valence-electron chi connectivity index (χ0n) is 11.5. The predicted molar refractivity (Wildman–Crippen MR) is 77.5 cm³/mol. The van der Waals surface area contributed by atoms with Gasteiger partial charge in [-0.2, -0.15) is 0 Å². The highest BCUT2D eigenvalue weighted by Gasteiger charge is 2.11. The molecule has 0 spiro atoms. The molecule has 0 unspecified atom stereocenters. The molecule has 19 heavy (non-hydrogen) atoms. The molecular weight excluding hydrogens is 242 g/mol. The Morgan fingerprint density at radius 3 is 2.68 bits per heavy atom. The largest absolute Gasteiger partial charge is 0.478 e. The number of anilines is 2. The van der Waals surface area contributed by atoms with Gasteiger partial charge >= 0.3 is 5.97 Å². The quantitative estimate of drug-likeness (QED) is 0.597. The molecule has 0 atom stereocenters. The fourth-order valence-electron chi connectivity index (χ4n) is 1.91. The van der Waals surface area contributed by atoms with E-state index in [9.17, 15) is 4.79 Å². The summed E-state index contributed by atoms with van der Waals surface area (Å²) in [5, 5.41) is 12.0. The standard InChI is InChI=1S/C14H23N3O2/c1-2-3-4-5-6-7-9-16-13-12(15)11(14(18)19)8-10-17-13/h8,10H,2-7,9,15H2,1H3,(H,16,17)(H,18,19). The number of aromatic carboxylic acids is 1. The molecule has 0 saturated heterocycles. The second-order valence-corrected chi connectivity index (χ2v) is 4.62. The fraction of sp³-hybridized carbons (Fsp3) is 0.571. The highest BCUT2D eigenvalue weighted by Crippen LogP contribution is 2.19. The second kappa shape index (κ2) is 8.34. The number of nitrogens with one attached hydrogen (secondary N) is 1. The lowest BCUT2D eigenvalue weighted by Gasteiger charge is -2.09. The van der Waals surface area contributed by atoms with Crippen molar-refractivity contribution < 1.29 is 9.90 Å². The maximum absolute atomic E-state index is 10.9. The van der Waals surface area contributed by atoms with Crippen LogP contribution in [0.5, 0.6) is 0 Å². The van der Waals surface area contributed by atoms with E-state index in [1.807, 2.05) is 0 Å². The first-order valence-corrected chi connectivity index (χ1v) is 6.88. The van der Waals surface area contributed by atoms with Crippen molar-refractivity contribution in [3.05, 3.63) is 17.8 Å². The Labute approximate surface area is 114 Å². The van der Waals surface area contributed by atoms with Gasteiger partial charge in [-0.05, 0) is 12.5 Å². The van der Waals surface area contributed by atoms with Gasteiger partial charge in [0.15, 0.2) is 0 Å². The molecule has 5 nitrogen and oxygen atoms in total. The smallest absolute Gasteiger partial charge is 0.337 e. The average molecular weight is 265 g/mol. The van der Waals surface area contributed by atoms with Crippen molar-refractivity contribution in [3.8, 4) is 0 Å². The van der Waals surface area contributed by atoms with Crippen LogP contribution in [-0.2, 0) is 0 Å². The number of nitrogens with zero attached hydrogens (tertiary/aromatic N) is 1. The number of carbonyl (C=O) groups is 1. The van der Waals surface area contributed by atoms with Gasteiger partial charge in [0.05, 0.1) is 11.3 Å². The third-order valence-corrected chi connectivity index (χ3v) is 3.04. The first-order chi connectivity index (χ1) is 9.16. The van der Waals surface area contributed by atoms with Crippen LogP contribution in [0.2, 0.25) is 0 Å². The SMILES string of the molecule is CCCCCCCCNc1nccc(C(=O)O)c1N. The van der Waals surface area contributed by atoms with Crippen LogP contribution >= 0.6 is 0 Å². The Bertz CT molecular complexity index is 408. The summed E-state index contributed by atoms with van der Waals surface area (Å²) in [4.78, 5) is 15.0. The van der Waals surface area contributed by atoms with Gasteiger partial charge in [0.25, 0.3) is 0 Å². The fourth-order valence-corrected chi connectivity index (χ4v) is 1.91. The molecule has 5 heteroatoms. The molecule has 0 aliphatic heterocycles. The second-order valence-electron chi connectivity index (χ2n) is 4.62. The van der Waals surface area contributed by atoms with Gasteiger partial charge in [0.1, 0.15) is 5.82 Å². The van der Waals surface area contributed by atoms with E-state index in [-0.39, 0.29) is 11.3 Å². The Kier molecular flexibility index (Phi) is 6.71. The van der Waals surface area contributed by atoms with Gasteiger partial charge in [-0.3, -0.25) is 0 Å². The molecule has 0 saturated carbocycles. The Balaban J connectivity index is 2.33. The summed E-state index contributed by atoms with van der Waals surface area (Å²) in [6.07, 6.45) is 8.75. The van der Waals surface area contributed by atoms with Crippen molar-refractivity contribution in [2.75, 3.05) is 17.6 Å². The molecule has 0 aromatic carbocycles. The van der Waals surface area contributed by atoms with E-state index < -0.39 is 5.97 Å². The number of pyridine rings is 1. The maximum atomic E-state index is 10.9. The van der Waals surface area contributed by atoms with Gasteiger partial charge in [-0.15, -0.1) is 0 Å². The lowest BCUT2D eigenvalue weighted by molar-refractivity contribution is 0.0698. The lowest BCUT2D eigenvalue weighted by Crippen LogP contribution is -2.10. The van der Waals surface area contributed by atoms with Crippen LogP contribution < -0.4 is 11.1 Å². The first kappa shape index (κ1) is 15.3. The summed E-state index contributed by atoms with van der Waals surface area (Å²) < 4.78 is 0. The van der Waals surface area contributed by atoms with E-state index in [1.54, 1.807) is 0 Å². The minimum atomic E-state index is -1.03. The Morgan fingerprint density at radius 2 is 2.00 bits per heavy atom. The molecule has 0 aliphatic carbocycles. The molecule has 0 fully saturated rings. The van der Waals surface area contributed by atoms with Crippen LogP contribution in [0, 0.1) is 0 Å². The third-order valence-electron chi connectivity index (χ3n) is 3.04. The minimum absolute atomic E-state index is 0.0976. The number of rotatable bonds is 9. The molecule has 1 aromatic heterocycles. The van der Waals surface area contributed by atoms with Crippen LogP contribution in [-0.4, -0.2) is 22.6 Å². The topological polar surface area (TPSA) is 88.2 Å². The van der Waals surface area contributed by atoms with Crippen molar-refractivity contribution in [2.45, 2.75) is 45.4 Å². The van der Waals surface area contributed by atoms with Gasteiger partial charge < -0.3 is 16.2 Å². The summed E-state index contributed by atoms with van der Waals surface area (Å²) in [6, 6.07) is 1.41. The van der Waals surface area contributed by atoms with Crippen molar-refractivity contribution in [1.82, 2.24) is 4.98 Å². The van der Waals surface area contributed by atoms with Gasteiger partial charge in [0.2, 0.25) is 0 Å². The van der Waals surface area contributed by atoms with Crippen LogP contribution in [0.1, 0.15) is 55.8 Å². The minimum Gasteiger partial charge on any atom is -0.478 e. The summed E-state index contributed by atoms with van der Waals surface area (Å²) in [5.41, 5.74) is 6.07. The van der Waals surface area contributed by atoms with Crippen LogP contribution in [0.25, 0.3) is 0 Å². The van der Waals surface area contributed by atoms with E-state index in [4.69, 9.17) is 10.8 Å². The van der Waals surface area contributed by atoms with Crippen molar-refractivity contribution in [2.24, 2.45) is 0 Å². The highest BCUT2D eigenvalue weighted by molar-refractivity contribution is 5.96. The predicted octanol–water partition coefficient (Wildman–Crippen LogP) is 3.13. The van der Waals surface area contributed by atoms with Crippen LogP contribution in [0.3, 0.4) is 0 Å². The number of carboxylic acid groups (broad SMARTS) is 1. The molecule has 0 radical (unpaired) electrons. The number of aromatic nitrogens is 1. The number of carboxylic acids is 1. The van der Waals surface area contributed by atoms with E-state index in [1.165, 1.54) is 44.4 Å². The molecule has 1 rings (SSSR count). The number of hydrogen-bond acceptors (Lipinski definition) is 4. The molecule has 1 aromatic rings. The van der Waals surface area contributed by atoms with Gasteiger partial charge in [0, 0.05) is 12.7 Å². The molecule has 4 N–H and O–H groups in total. The Hall–Kier alpha value is -1.78. The number of nitrogens with two attached hydrogens (primary N) is 1. The van der Waals surface area contributed by atoms with E-state index in [0.717, 1.165) is 13.0 Å². The zero-order chi connectivity index (χ0) is 14.1. The van der Waals surface area contributed by atoms with Crippen molar-refractivity contribution in [1.29, 1.82) is 0 Å². The molecule has 0 amide bonds. The van der Waals surface area contributed by atoms with Crippen LogP contribution in [0.4, 0.5) is 11.5 Å². The number of unbranched alkanes of at least 4 members (excludes halogenated alkanes) is 5. The third kappa shape index (κ3) is 5.16. The maximum Gasteiger partial charge on any atom is 0.337 e. The van der Waals surface area contributed by atoms with Crippen molar-refractivity contribution >= 4 is 17.5 Å². The van der Waals surface area contributed by atoms with E-state index >= 15 is 0 Å². The van der Waals surface area contributed by atoms with Crippen molar-refractivity contribution in [3.63, 3.8) is 0 Å². The average Bonchev–Trinajstić information content (AvgIpc) is 2.39. The summed E-state index contributed by atoms with van der Waals surface area (Å²) in [7, 11) is 0.